The van der Waals surface area contributed by atoms with Gasteiger partial charge in [-0.3, -0.25) is 9.29 Å². The summed E-state index contributed by atoms with van der Waals surface area (Å²) < 4.78 is 23.4. The Morgan fingerprint density at radius 2 is 2.22 bits per heavy atom. The fourth-order valence-corrected chi connectivity index (χ4v) is 2.31. The van der Waals surface area contributed by atoms with Crippen LogP contribution in [0.1, 0.15) is 36.9 Å². The van der Waals surface area contributed by atoms with Gasteiger partial charge in [0.1, 0.15) is 17.6 Å². The Bertz CT molecular complexity index is 353. The molecule has 1 fully saturated rings. The Labute approximate surface area is 108 Å². The number of morpholine rings is 1. The van der Waals surface area contributed by atoms with Crippen molar-refractivity contribution in [1.82, 2.24) is 4.90 Å². The molecule has 102 valence electrons. The summed E-state index contributed by atoms with van der Waals surface area (Å²) in [7, 11) is 0. The van der Waals surface area contributed by atoms with Crippen molar-refractivity contribution in [3.8, 4) is 0 Å². The number of rotatable bonds is 6. The van der Waals surface area contributed by atoms with Crippen LogP contribution in [0.3, 0.4) is 0 Å². The zero-order valence-corrected chi connectivity index (χ0v) is 11.0. The molecule has 2 heterocycles. The SMILES string of the molecule is Cc1ccc([C@H]2CN(CCCCCF)CCO2)o1. The number of hydrogen-bond donors (Lipinski definition) is 0. The lowest BCUT2D eigenvalue weighted by Gasteiger charge is -2.31. The summed E-state index contributed by atoms with van der Waals surface area (Å²) in [6, 6.07) is 3.96. The van der Waals surface area contributed by atoms with E-state index in [4.69, 9.17) is 9.15 Å². The van der Waals surface area contributed by atoms with E-state index < -0.39 is 0 Å². The van der Waals surface area contributed by atoms with Gasteiger partial charge in [-0.05, 0) is 44.9 Å². The molecule has 0 aliphatic carbocycles. The molecule has 1 aliphatic rings. The molecular weight excluding hydrogens is 233 g/mol. The summed E-state index contributed by atoms with van der Waals surface area (Å²) in [4.78, 5) is 2.38. The Kier molecular flexibility index (Phi) is 5.20. The third kappa shape index (κ3) is 3.82. The van der Waals surface area contributed by atoms with Gasteiger partial charge in [0.15, 0.2) is 0 Å². The number of unbranched alkanes of at least 4 members (excludes halogenated alkanes) is 2. The van der Waals surface area contributed by atoms with Crippen LogP contribution in [-0.2, 0) is 4.74 Å². The first-order valence-corrected chi connectivity index (χ1v) is 6.76. The van der Waals surface area contributed by atoms with Gasteiger partial charge in [0.05, 0.1) is 13.3 Å². The highest BCUT2D eigenvalue weighted by Gasteiger charge is 2.23. The van der Waals surface area contributed by atoms with Crippen molar-refractivity contribution in [2.75, 3.05) is 32.9 Å². The molecule has 4 heteroatoms. The normalized spacial score (nSPS) is 21.3. The molecule has 3 nitrogen and oxygen atoms in total. The van der Waals surface area contributed by atoms with Crippen molar-refractivity contribution in [1.29, 1.82) is 0 Å². The number of halogens is 1. The van der Waals surface area contributed by atoms with Gasteiger partial charge in [-0.25, -0.2) is 0 Å². The van der Waals surface area contributed by atoms with Crippen LogP contribution in [-0.4, -0.2) is 37.8 Å². The summed E-state index contributed by atoms with van der Waals surface area (Å²) in [5.74, 6) is 1.84. The van der Waals surface area contributed by atoms with Crippen molar-refractivity contribution in [2.24, 2.45) is 0 Å². The van der Waals surface area contributed by atoms with Crippen LogP contribution in [0.25, 0.3) is 0 Å². The zero-order chi connectivity index (χ0) is 12.8. The molecule has 0 bridgehead atoms. The van der Waals surface area contributed by atoms with Gasteiger partial charge in [-0.15, -0.1) is 0 Å². The van der Waals surface area contributed by atoms with Crippen LogP contribution < -0.4 is 0 Å². The minimum absolute atomic E-state index is 0.0497. The average molecular weight is 255 g/mol. The van der Waals surface area contributed by atoms with E-state index in [1.54, 1.807) is 0 Å². The summed E-state index contributed by atoms with van der Waals surface area (Å²) in [5.41, 5.74) is 0. The molecule has 0 unspecified atom stereocenters. The van der Waals surface area contributed by atoms with E-state index in [2.05, 4.69) is 4.90 Å². The highest BCUT2D eigenvalue weighted by molar-refractivity contribution is 5.09. The third-order valence-electron chi connectivity index (χ3n) is 3.34. The van der Waals surface area contributed by atoms with E-state index in [-0.39, 0.29) is 12.8 Å². The molecule has 0 saturated carbocycles. The Hall–Kier alpha value is -0.870. The van der Waals surface area contributed by atoms with Gasteiger partial charge in [0, 0.05) is 13.1 Å². The van der Waals surface area contributed by atoms with Crippen LogP contribution in [0.2, 0.25) is 0 Å². The third-order valence-corrected chi connectivity index (χ3v) is 3.34. The van der Waals surface area contributed by atoms with Crippen molar-refractivity contribution >= 4 is 0 Å². The lowest BCUT2D eigenvalue weighted by atomic mass is 10.2. The minimum Gasteiger partial charge on any atom is -0.464 e. The van der Waals surface area contributed by atoms with Crippen LogP contribution in [0.4, 0.5) is 4.39 Å². The molecule has 2 rings (SSSR count). The van der Waals surface area contributed by atoms with Crippen LogP contribution >= 0.6 is 0 Å². The molecule has 0 spiro atoms. The topological polar surface area (TPSA) is 25.6 Å². The molecule has 1 aromatic heterocycles. The fraction of sp³-hybridized carbons (Fsp3) is 0.714. The maximum Gasteiger partial charge on any atom is 0.134 e. The summed E-state index contributed by atoms with van der Waals surface area (Å²) in [6.45, 7) is 5.36. The van der Waals surface area contributed by atoms with Crippen LogP contribution in [0.5, 0.6) is 0 Å². The quantitative estimate of drug-likeness (QED) is 0.730. The second-order valence-electron chi connectivity index (χ2n) is 4.86. The van der Waals surface area contributed by atoms with E-state index in [1.165, 1.54) is 0 Å². The van der Waals surface area contributed by atoms with Gasteiger partial charge < -0.3 is 9.15 Å². The standard InChI is InChI=1S/C14H22FNO2/c1-12-5-6-13(18-12)14-11-16(9-10-17-14)8-4-2-3-7-15/h5-6,14H,2-4,7-11H2,1H3/t14-/m1/s1. The maximum atomic E-state index is 12.0. The molecule has 1 saturated heterocycles. The van der Waals surface area contributed by atoms with Crippen LogP contribution in [0, 0.1) is 6.92 Å². The molecule has 1 atom stereocenters. The molecule has 0 N–H and O–H groups in total. The lowest BCUT2D eigenvalue weighted by Crippen LogP contribution is -2.38. The van der Waals surface area contributed by atoms with Crippen LogP contribution in [0.15, 0.2) is 16.5 Å². The highest BCUT2D eigenvalue weighted by Crippen LogP contribution is 2.24. The largest absolute Gasteiger partial charge is 0.464 e. The first kappa shape index (κ1) is 13.6. The Morgan fingerprint density at radius 1 is 1.33 bits per heavy atom. The lowest BCUT2D eigenvalue weighted by molar-refractivity contribution is -0.0406. The van der Waals surface area contributed by atoms with Crippen molar-refractivity contribution < 1.29 is 13.5 Å². The Morgan fingerprint density at radius 3 is 2.94 bits per heavy atom. The molecule has 18 heavy (non-hydrogen) atoms. The second-order valence-corrected chi connectivity index (χ2v) is 4.86. The molecule has 0 aromatic carbocycles. The minimum atomic E-state index is -0.197. The number of ether oxygens (including phenoxy) is 1. The van der Waals surface area contributed by atoms with E-state index in [9.17, 15) is 4.39 Å². The van der Waals surface area contributed by atoms with E-state index >= 15 is 0 Å². The number of hydrogen-bond acceptors (Lipinski definition) is 3. The number of nitrogens with zero attached hydrogens (tertiary/aromatic N) is 1. The van der Waals surface area contributed by atoms with Gasteiger partial charge in [-0.1, -0.05) is 0 Å². The highest BCUT2D eigenvalue weighted by atomic mass is 19.1. The predicted octanol–water partition coefficient (Wildman–Crippen LogP) is 3.10. The second kappa shape index (κ2) is 6.90. The summed E-state index contributed by atoms with van der Waals surface area (Å²) >= 11 is 0. The summed E-state index contributed by atoms with van der Waals surface area (Å²) in [5, 5.41) is 0. The maximum absolute atomic E-state index is 12.0. The number of furan rings is 1. The Balaban J connectivity index is 1.77. The monoisotopic (exact) mass is 255 g/mol. The average Bonchev–Trinajstić information content (AvgIpc) is 2.82. The zero-order valence-electron chi connectivity index (χ0n) is 11.0. The van der Waals surface area contributed by atoms with Gasteiger partial charge in [0.25, 0.3) is 0 Å². The van der Waals surface area contributed by atoms with Gasteiger partial charge in [0.2, 0.25) is 0 Å². The van der Waals surface area contributed by atoms with Crippen molar-refractivity contribution in [3.05, 3.63) is 23.7 Å². The van der Waals surface area contributed by atoms with E-state index in [1.807, 2.05) is 19.1 Å². The molecule has 1 aromatic rings. The van der Waals surface area contributed by atoms with Crippen molar-refractivity contribution in [2.45, 2.75) is 32.3 Å². The fourth-order valence-electron chi connectivity index (χ4n) is 2.31. The first-order chi connectivity index (χ1) is 8.79. The van der Waals surface area contributed by atoms with Gasteiger partial charge in [-0.2, -0.15) is 0 Å². The smallest absolute Gasteiger partial charge is 0.134 e. The van der Waals surface area contributed by atoms with Crippen molar-refractivity contribution in [3.63, 3.8) is 0 Å². The first-order valence-electron chi connectivity index (χ1n) is 6.76. The number of alkyl halides is 1. The summed E-state index contributed by atoms with van der Waals surface area (Å²) in [6.07, 6.45) is 2.77. The molecular formula is C14H22FNO2. The predicted molar refractivity (Wildman–Crippen MR) is 68.4 cm³/mol. The van der Waals surface area contributed by atoms with E-state index in [0.717, 1.165) is 50.6 Å². The molecule has 0 amide bonds. The van der Waals surface area contributed by atoms with E-state index in [0.29, 0.717) is 6.42 Å². The number of aryl methyl sites for hydroxylation is 1. The van der Waals surface area contributed by atoms with Gasteiger partial charge >= 0.3 is 0 Å². The molecule has 0 radical (unpaired) electrons. The molecule has 1 aliphatic heterocycles.